The molecule has 5 heteroatoms. The molecular weight excluding hydrogens is 312 g/mol. The van der Waals surface area contributed by atoms with Crippen LogP contribution in [0.5, 0.6) is 0 Å². The Labute approximate surface area is 140 Å². The molecule has 0 saturated carbocycles. The van der Waals surface area contributed by atoms with Gasteiger partial charge in [-0.25, -0.2) is 0 Å². The number of halogens is 1. The van der Waals surface area contributed by atoms with Gasteiger partial charge in [0, 0.05) is 16.4 Å². The van der Waals surface area contributed by atoms with Crippen molar-refractivity contribution < 1.29 is 9.59 Å². The van der Waals surface area contributed by atoms with Crippen molar-refractivity contribution in [2.45, 2.75) is 26.7 Å². The Bertz CT molecular complexity index is 711. The van der Waals surface area contributed by atoms with Gasteiger partial charge in [-0.2, -0.15) is 0 Å². The van der Waals surface area contributed by atoms with Crippen molar-refractivity contribution >= 4 is 34.8 Å². The summed E-state index contributed by atoms with van der Waals surface area (Å²) < 4.78 is 0. The zero-order valence-electron chi connectivity index (χ0n) is 13.2. The first-order valence-electron chi connectivity index (χ1n) is 7.42. The summed E-state index contributed by atoms with van der Waals surface area (Å²) in [6.07, 6.45) is 0.692. The maximum Gasteiger partial charge on any atom is 0.233 e. The fourth-order valence-corrected chi connectivity index (χ4v) is 2.27. The average molecular weight is 331 g/mol. The van der Waals surface area contributed by atoms with Crippen LogP contribution in [-0.2, 0) is 16.0 Å². The van der Waals surface area contributed by atoms with E-state index in [0.717, 1.165) is 12.0 Å². The van der Waals surface area contributed by atoms with Gasteiger partial charge in [0.15, 0.2) is 0 Å². The zero-order chi connectivity index (χ0) is 16.8. The van der Waals surface area contributed by atoms with E-state index in [2.05, 4.69) is 17.6 Å². The summed E-state index contributed by atoms with van der Waals surface area (Å²) in [6.45, 7) is 3.93. The molecular formula is C18H19ClN2O2. The van der Waals surface area contributed by atoms with Crippen molar-refractivity contribution in [3.8, 4) is 0 Å². The maximum atomic E-state index is 12.0. The highest BCUT2D eigenvalue weighted by molar-refractivity contribution is 6.31. The van der Waals surface area contributed by atoms with Gasteiger partial charge in [0.05, 0.1) is 0 Å². The van der Waals surface area contributed by atoms with Crippen molar-refractivity contribution in [2.24, 2.45) is 0 Å². The largest absolute Gasteiger partial charge is 0.326 e. The lowest BCUT2D eigenvalue weighted by molar-refractivity contribution is -0.123. The van der Waals surface area contributed by atoms with Gasteiger partial charge >= 0.3 is 0 Å². The monoisotopic (exact) mass is 330 g/mol. The highest BCUT2D eigenvalue weighted by atomic mass is 35.5. The maximum absolute atomic E-state index is 12.0. The summed E-state index contributed by atoms with van der Waals surface area (Å²) in [4.78, 5) is 23.9. The van der Waals surface area contributed by atoms with Gasteiger partial charge < -0.3 is 10.6 Å². The van der Waals surface area contributed by atoms with Crippen molar-refractivity contribution in [3.05, 3.63) is 58.6 Å². The molecule has 0 unspecified atom stereocenters. The number of hydrogen-bond acceptors (Lipinski definition) is 2. The zero-order valence-corrected chi connectivity index (χ0v) is 13.9. The molecule has 0 spiro atoms. The predicted octanol–water partition coefficient (Wildman–Crippen LogP) is 4.18. The number of carbonyl (C=O) groups excluding carboxylic acids is 2. The van der Waals surface area contributed by atoms with Crippen molar-refractivity contribution in [1.82, 2.24) is 0 Å². The summed E-state index contributed by atoms with van der Waals surface area (Å²) in [7, 11) is 0. The molecule has 2 rings (SSSR count). The summed E-state index contributed by atoms with van der Waals surface area (Å²) in [5.41, 5.74) is 3.37. The molecule has 0 atom stereocenters. The van der Waals surface area contributed by atoms with Crippen LogP contribution >= 0.6 is 11.6 Å². The number of amides is 2. The van der Waals surface area contributed by atoms with Crippen LogP contribution in [0.2, 0.25) is 5.02 Å². The molecule has 0 bridgehead atoms. The number of hydrogen-bond donors (Lipinski definition) is 2. The number of rotatable bonds is 5. The van der Waals surface area contributed by atoms with Crippen LogP contribution in [0.15, 0.2) is 42.5 Å². The summed E-state index contributed by atoms with van der Waals surface area (Å²) in [5, 5.41) is 5.95. The Morgan fingerprint density at radius 1 is 1.00 bits per heavy atom. The molecule has 0 aliphatic carbocycles. The molecule has 2 amide bonds. The van der Waals surface area contributed by atoms with Crippen LogP contribution in [0.4, 0.5) is 11.4 Å². The van der Waals surface area contributed by atoms with Crippen molar-refractivity contribution in [1.29, 1.82) is 0 Å². The van der Waals surface area contributed by atoms with E-state index >= 15 is 0 Å². The Hall–Kier alpha value is -2.33. The van der Waals surface area contributed by atoms with E-state index in [0.29, 0.717) is 16.4 Å². The second-order valence-electron chi connectivity index (χ2n) is 5.28. The van der Waals surface area contributed by atoms with Crippen LogP contribution in [0.1, 0.15) is 24.5 Å². The third-order valence-corrected chi connectivity index (χ3v) is 3.68. The molecule has 4 nitrogen and oxygen atoms in total. The number of aryl methyl sites for hydroxylation is 2. The normalized spacial score (nSPS) is 10.2. The first-order chi connectivity index (χ1) is 11.0. The molecule has 23 heavy (non-hydrogen) atoms. The van der Waals surface area contributed by atoms with Crippen LogP contribution in [0, 0.1) is 6.92 Å². The smallest absolute Gasteiger partial charge is 0.233 e. The molecule has 0 radical (unpaired) electrons. The van der Waals surface area contributed by atoms with Crippen LogP contribution in [-0.4, -0.2) is 11.8 Å². The number of nitrogens with one attached hydrogen (secondary N) is 2. The van der Waals surface area contributed by atoms with Gasteiger partial charge in [0.1, 0.15) is 6.42 Å². The Balaban J connectivity index is 1.91. The van der Waals surface area contributed by atoms with Gasteiger partial charge in [0.25, 0.3) is 0 Å². The molecule has 0 aliphatic rings. The van der Waals surface area contributed by atoms with E-state index in [4.69, 9.17) is 11.6 Å². The number of carbonyl (C=O) groups is 2. The Morgan fingerprint density at radius 3 is 2.30 bits per heavy atom. The molecule has 2 aromatic rings. The topological polar surface area (TPSA) is 58.2 Å². The highest BCUT2D eigenvalue weighted by Gasteiger charge is 2.11. The molecule has 0 heterocycles. The molecule has 2 N–H and O–H groups in total. The van der Waals surface area contributed by atoms with Gasteiger partial charge in [-0.05, 0) is 48.7 Å². The lowest BCUT2D eigenvalue weighted by Gasteiger charge is -2.09. The third-order valence-electron chi connectivity index (χ3n) is 3.44. The van der Waals surface area contributed by atoms with Gasteiger partial charge in [-0.1, -0.05) is 36.7 Å². The molecule has 0 saturated heterocycles. The fourth-order valence-electron chi connectivity index (χ4n) is 2.10. The Morgan fingerprint density at radius 2 is 1.65 bits per heavy atom. The fraction of sp³-hybridized carbons (Fsp3) is 0.222. The molecule has 2 aromatic carbocycles. The molecule has 0 aliphatic heterocycles. The van der Waals surface area contributed by atoms with Gasteiger partial charge in [-0.3, -0.25) is 9.59 Å². The van der Waals surface area contributed by atoms with Crippen LogP contribution in [0.25, 0.3) is 0 Å². The van der Waals surface area contributed by atoms with E-state index in [1.807, 2.05) is 37.3 Å². The SMILES string of the molecule is CCc1ccc(NC(=O)CC(=O)Nc2cc(Cl)ccc2C)cc1. The van der Waals surface area contributed by atoms with E-state index < -0.39 is 0 Å². The average Bonchev–Trinajstić information content (AvgIpc) is 2.51. The predicted molar refractivity (Wildman–Crippen MR) is 93.9 cm³/mol. The number of anilines is 2. The lowest BCUT2D eigenvalue weighted by atomic mass is 10.1. The molecule has 0 fully saturated rings. The van der Waals surface area contributed by atoms with E-state index in [1.165, 1.54) is 5.56 Å². The minimum Gasteiger partial charge on any atom is -0.326 e. The van der Waals surface area contributed by atoms with E-state index in [-0.39, 0.29) is 18.2 Å². The molecule has 0 aromatic heterocycles. The first kappa shape index (κ1) is 17.0. The van der Waals surface area contributed by atoms with E-state index in [1.54, 1.807) is 12.1 Å². The minimum atomic E-state index is -0.377. The lowest BCUT2D eigenvalue weighted by Crippen LogP contribution is -2.21. The quantitative estimate of drug-likeness (QED) is 0.808. The van der Waals surface area contributed by atoms with Crippen molar-refractivity contribution in [2.75, 3.05) is 10.6 Å². The summed E-state index contributed by atoms with van der Waals surface area (Å²) in [5.74, 6) is -0.732. The van der Waals surface area contributed by atoms with Crippen molar-refractivity contribution in [3.63, 3.8) is 0 Å². The van der Waals surface area contributed by atoms with Gasteiger partial charge in [0.2, 0.25) is 11.8 Å². The summed E-state index contributed by atoms with van der Waals surface area (Å²) in [6, 6.07) is 12.8. The Kier molecular flexibility index (Phi) is 5.77. The molecule has 120 valence electrons. The van der Waals surface area contributed by atoms with Crippen LogP contribution < -0.4 is 10.6 Å². The minimum absolute atomic E-state index is 0.249. The van der Waals surface area contributed by atoms with Crippen LogP contribution in [0.3, 0.4) is 0 Å². The first-order valence-corrected chi connectivity index (χ1v) is 7.80. The second kappa shape index (κ2) is 7.79. The number of benzene rings is 2. The van der Waals surface area contributed by atoms with Gasteiger partial charge in [-0.15, -0.1) is 0 Å². The standard InChI is InChI=1S/C18H19ClN2O2/c1-3-13-5-8-15(9-6-13)20-17(22)11-18(23)21-16-10-14(19)7-4-12(16)2/h4-10H,3,11H2,1-2H3,(H,20,22)(H,21,23). The third kappa shape index (κ3) is 5.11. The summed E-state index contributed by atoms with van der Waals surface area (Å²) >= 11 is 5.91. The highest BCUT2D eigenvalue weighted by Crippen LogP contribution is 2.20. The second-order valence-corrected chi connectivity index (χ2v) is 5.72. The van der Waals surface area contributed by atoms with E-state index in [9.17, 15) is 9.59 Å².